The lowest BCUT2D eigenvalue weighted by molar-refractivity contribution is -0.143. The highest BCUT2D eigenvalue weighted by molar-refractivity contribution is 6.30. The van der Waals surface area contributed by atoms with Crippen LogP contribution in [0.2, 0.25) is 5.02 Å². The van der Waals surface area contributed by atoms with Crippen molar-refractivity contribution in [2.24, 2.45) is 11.8 Å². The van der Waals surface area contributed by atoms with Gasteiger partial charge in [-0.05, 0) is 86.4 Å². The van der Waals surface area contributed by atoms with Crippen LogP contribution in [-0.4, -0.2) is 35.4 Å². The van der Waals surface area contributed by atoms with E-state index >= 15 is 0 Å². The Balaban J connectivity index is 1.14. The highest BCUT2D eigenvalue weighted by Gasteiger charge is 2.43. The number of aliphatic carboxylic acids is 1. The third-order valence-corrected chi connectivity index (χ3v) is 7.02. The van der Waals surface area contributed by atoms with Crippen LogP contribution in [-0.2, 0) is 9.59 Å². The van der Waals surface area contributed by atoms with Crippen molar-refractivity contribution in [2.45, 2.75) is 57.0 Å². The predicted octanol–water partition coefficient (Wildman–Crippen LogP) is 5.25. The van der Waals surface area contributed by atoms with Crippen molar-refractivity contribution >= 4 is 29.3 Å². The maximum absolute atomic E-state index is 12.5. The lowest BCUT2D eigenvalue weighted by atomic mass is 9.87. The summed E-state index contributed by atoms with van der Waals surface area (Å²) in [5.41, 5.74) is 1.72. The number of carboxylic acid groups (broad SMARTS) is 1. The molecule has 0 bridgehead atoms. The number of carbonyl (C=O) groups is 3. The summed E-state index contributed by atoms with van der Waals surface area (Å²) in [6, 6.07) is 14.8. The van der Waals surface area contributed by atoms with E-state index in [4.69, 9.17) is 21.4 Å². The van der Waals surface area contributed by atoms with Crippen molar-refractivity contribution in [2.75, 3.05) is 6.54 Å². The van der Waals surface area contributed by atoms with Crippen molar-refractivity contribution in [1.29, 1.82) is 0 Å². The fourth-order valence-electron chi connectivity index (χ4n) is 4.67. The SMILES string of the molecule is O=C(CCCNC(=O)[C@H]1C[C@@H]1c1cccc(Cl)c1)c1ccc(OC2CCC(C(=O)O)CC2)cc1. The topological polar surface area (TPSA) is 92.7 Å². The Kier molecular flexibility index (Phi) is 7.88. The van der Waals surface area contributed by atoms with E-state index in [9.17, 15) is 14.4 Å². The molecular weight excluding hydrogens is 454 g/mol. The molecule has 2 aliphatic rings. The van der Waals surface area contributed by atoms with E-state index in [0.29, 0.717) is 48.6 Å². The lowest BCUT2D eigenvalue weighted by Gasteiger charge is -2.26. The van der Waals surface area contributed by atoms with Crippen molar-refractivity contribution in [3.63, 3.8) is 0 Å². The van der Waals surface area contributed by atoms with Crippen LogP contribution in [0.25, 0.3) is 0 Å². The minimum Gasteiger partial charge on any atom is -0.490 e. The van der Waals surface area contributed by atoms with Gasteiger partial charge in [-0.1, -0.05) is 23.7 Å². The first-order valence-electron chi connectivity index (χ1n) is 12.0. The van der Waals surface area contributed by atoms with Gasteiger partial charge in [0.25, 0.3) is 0 Å². The smallest absolute Gasteiger partial charge is 0.306 e. The number of ketones is 1. The van der Waals surface area contributed by atoms with Crippen molar-refractivity contribution < 1.29 is 24.2 Å². The quantitative estimate of drug-likeness (QED) is 0.356. The molecule has 2 aromatic rings. The number of benzene rings is 2. The molecule has 0 heterocycles. The molecule has 7 heteroatoms. The molecule has 0 radical (unpaired) electrons. The molecule has 34 heavy (non-hydrogen) atoms. The number of hydrogen-bond acceptors (Lipinski definition) is 4. The molecule has 2 aliphatic carbocycles. The molecule has 2 fully saturated rings. The van der Waals surface area contributed by atoms with Crippen LogP contribution in [0.3, 0.4) is 0 Å². The number of carboxylic acids is 1. The second-order valence-electron chi connectivity index (χ2n) is 9.28. The van der Waals surface area contributed by atoms with Gasteiger partial charge in [0.2, 0.25) is 5.91 Å². The number of ether oxygens (including phenoxy) is 1. The zero-order valence-corrected chi connectivity index (χ0v) is 19.8. The van der Waals surface area contributed by atoms with Gasteiger partial charge in [0.05, 0.1) is 12.0 Å². The highest BCUT2D eigenvalue weighted by Crippen LogP contribution is 2.47. The van der Waals surface area contributed by atoms with E-state index in [1.807, 2.05) is 24.3 Å². The van der Waals surface area contributed by atoms with Crippen LogP contribution < -0.4 is 10.1 Å². The van der Waals surface area contributed by atoms with Crippen LogP contribution in [0.15, 0.2) is 48.5 Å². The molecule has 0 aromatic heterocycles. The maximum atomic E-state index is 12.5. The molecule has 2 atom stereocenters. The van der Waals surface area contributed by atoms with Gasteiger partial charge < -0.3 is 15.2 Å². The van der Waals surface area contributed by atoms with Crippen molar-refractivity contribution in [1.82, 2.24) is 5.32 Å². The maximum Gasteiger partial charge on any atom is 0.306 e. The standard InChI is InChI=1S/C27H30ClNO5/c28-20-4-1-3-19(15-20)23-16-24(23)26(31)29-14-2-5-25(30)17-6-10-21(11-7-17)34-22-12-8-18(9-13-22)27(32)33/h1,3-4,6-7,10-11,15,18,22-24H,2,5,8-9,12-14,16H2,(H,29,31)(H,32,33)/t18?,22?,23-,24+/m1/s1. The zero-order valence-electron chi connectivity index (χ0n) is 19.0. The number of hydrogen-bond donors (Lipinski definition) is 2. The number of halogens is 1. The second-order valence-corrected chi connectivity index (χ2v) is 9.71. The van der Waals surface area contributed by atoms with Crippen LogP contribution in [0.5, 0.6) is 5.75 Å². The van der Waals surface area contributed by atoms with E-state index in [1.54, 1.807) is 24.3 Å². The summed E-state index contributed by atoms with van der Waals surface area (Å²) in [5.74, 6) is -0.00815. The number of carbonyl (C=O) groups excluding carboxylic acids is 2. The Morgan fingerprint density at radius 2 is 1.76 bits per heavy atom. The molecule has 1 amide bonds. The van der Waals surface area contributed by atoms with Crippen LogP contribution in [0.4, 0.5) is 0 Å². The minimum atomic E-state index is -0.727. The van der Waals surface area contributed by atoms with Gasteiger partial charge >= 0.3 is 5.97 Å². The first-order valence-corrected chi connectivity index (χ1v) is 12.3. The van der Waals surface area contributed by atoms with Gasteiger partial charge in [-0.25, -0.2) is 0 Å². The van der Waals surface area contributed by atoms with Gasteiger partial charge in [-0.2, -0.15) is 0 Å². The fraction of sp³-hybridized carbons (Fsp3) is 0.444. The Morgan fingerprint density at radius 1 is 1.03 bits per heavy atom. The molecule has 180 valence electrons. The predicted molar refractivity (Wildman–Crippen MR) is 129 cm³/mol. The number of Topliss-reactive ketones (excluding diaryl/α,β-unsaturated/α-hetero) is 1. The summed E-state index contributed by atoms with van der Waals surface area (Å²) < 4.78 is 5.96. The Morgan fingerprint density at radius 3 is 2.44 bits per heavy atom. The molecule has 2 N–H and O–H groups in total. The Labute approximate surface area is 204 Å². The largest absolute Gasteiger partial charge is 0.490 e. The van der Waals surface area contributed by atoms with Gasteiger partial charge in [0, 0.05) is 29.5 Å². The monoisotopic (exact) mass is 483 g/mol. The number of amides is 1. The highest BCUT2D eigenvalue weighted by atomic mass is 35.5. The average molecular weight is 484 g/mol. The summed E-state index contributed by atoms with van der Waals surface area (Å²) in [7, 11) is 0. The Bertz CT molecular complexity index is 1030. The van der Waals surface area contributed by atoms with E-state index < -0.39 is 5.97 Å². The number of nitrogens with one attached hydrogen (secondary N) is 1. The molecule has 0 aliphatic heterocycles. The van der Waals surface area contributed by atoms with E-state index in [1.165, 1.54) is 0 Å². The second kappa shape index (κ2) is 11.0. The average Bonchev–Trinajstić information content (AvgIpc) is 3.64. The number of rotatable bonds is 10. The summed E-state index contributed by atoms with van der Waals surface area (Å²) in [4.78, 5) is 35.9. The van der Waals surface area contributed by atoms with E-state index in [2.05, 4.69) is 5.32 Å². The first kappa shape index (κ1) is 24.3. The van der Waals surface area contributed by atoms with Crippen LogP contribution >= 0.6 is 11.6 Å². The lowest BCUT2D eigenvalue weighted by Crippen LogP contribution is -2.27. The molecule has 4 rings (SSSR count). The fourth-order valence-corrected chi connectivity index (χ4v) is 4.86. The molecule has 2 aromatic carbocycles. The van der Waals surface area contributed by atoms with Crippen molar-refractivity contribution in [3.8, 4) is 5.75 Å². The summed E-state index contributed by atoms with van der Waals surface area (Å²) >= 11 is 6.04. The van der Waals surface area contributed by atoms with Gasteiger partial charge in [-0.15, -0.1) is 0 Å². The molecule has 2 saturated carbocycles. The van der Waals surface area contributed by atoms with Gasteiger partial charge in [0.1, 0.15) is 5.75 Å². The summed E-state index contributed by atoms with van der Waals surface area (Å²) in [6.45, 7) is 0.476. The molecular formula is C27H30ClNO5. The van der Waals surface area contributed by atoms with E-state index in [-0.39, 0.29) is 35.5 Å². The third kappa shape index (κ3) is 6.38. The summed E-state index contributed by atoms with van der Waals surface area (Å²) in [6.07, 6.45) is 4.52. The molecule has 0 saturated heterocycles. The third-order valence-electron chi connectivity index (χ3n) is 6.79. The van der Waals surface area contributed by atoms with Crippen LogP contribution in [0.1, 0.15) is 66.8 Å². The first-order chi connectivity index (χ1) is 16.4. The van der Waals surface area contributed by atoms with Gasteiger partial charge in [-0.3, -0.25) is 14.4 Å². The minimum absolute atomic E-state index is 0.0131. The zero-order chi connectivity index (χ0) is 24.1. The molecule has 0 unspecified atom stereocenters. The molecule has 0 spiro atoms. The van der Waals surface area contributed by atoms with Crippen molar-refractivity contribution in [3.05, 3.63) is 64.7 Å². The normalized spacial score (nSPS) is 23.7. The summed E-state index contributed by atoms with van der Waals surface area (Å²) in [5, 5.41) is 12.7. The Hall–Kier alpha value is -2.86. The molecule has 6 nitrogen and oxygen atoms in total. The van der Waals surface area contributed by atoms with Crippen LogP contribution in [0, 0.1) is 11.8 Å². The van der Waals surface area contributed by atoms with E-state index in [0.717, 1.165) is 24.8 Å². The van der Waals surface area contributed by atoms with Gasteiger partial charge in [0.15, 0.2) is 5.78 Å².